The maximum absolute atomic E-state index is 11.8. The van der Waals surface area contributed by atoms with Crippen LogP contribution >= 0.6 is 0 Å². The molecule has 16 heavy (non-hydrogen) atoms. The number of carbonyl (C=O) groups excluding carboxylic acids is 1. The van der Waals surface area contributed by atoms with Gasteiger partial charge >= 0.3 is 0 Å². The summed E-state index contributed by atoms with van der Waals surface area (Å²) in [6.45, 7) is 6.24. The molecule has 0 aromatic rings. The van der Waals surface area contributed by atoms with Crippen molar-refractivity contribution in [2.24, 2.45) is 5.92 Å². The largest absolute Gasteiger partial charge is 0.355 e. The van der Waals surface area contributed by atoms with Gasteiger partial charge in [-0.25, -0.2) is 0 Å². The summed E-state index contributed by atoms with van der Waals surface area (Å²) in [7, 11) is 0. The molecular formula is C13H26N2O. The van der Waals surface area contributed by atoms with Crippen molar-refractivity contribution in [1.29, 1.82) is 0 Å². The van der Waals surface area contributed by atoms with E-state index >= 15 is 0 Å². The van der Waals surface area contributed by atoms with Gasteiger partial charge in [-0.3, -0.25) is 4.79 Å². The van der Waals surface area contributed by atoms with Gasteiger partial charge in [-0.2, -0.15) is 0 Å². The Bertz CT molecular complexity index is 206. The van der Waals surface area contributed by atoms with Crippen LogP contribution in [0.3, 0.4) is 0 Å². The monoisotopic (exact) mass is 226 g/mol. The molecule has 0 spiro atoms. The van der Waals surface area contributed by atoms with Crippen LogP contribution in [-0.2, 0) is 4.79 Å². The van der Waals surface area contributed by atoms with Gasteiger partial charge in [-0.05, 0) is 31.7 Å². The highest BCUT2D eigenvalue weighted by Crippen LogP contribution is 2.14. The number of piperidine rings is 1. The molecule has 0 aromatic heterocycles. The molecule has 1 amide bonds. The van der Waals surface area contributed by atoms with Crippen LogP contribution in [0.1, 0.15) is 52.4 Å². The van der Waals surface area contributed by atoms with Crippen LogP contribution < -0.4 is 10.6 Å². The molecule has 3 nitrogen and oxygen atoms in total. The molecule has 3 heteroatoms. The first-order valence-corrected chi connectivity index (χ1v) is 6.75. The van der Waals surface area contributed by atoms with Crippen LogP contribution in [0.15, 0.2) is 0 Å². The Kier molecular flexibility index (Phi) is 6.46. The van der Waals surface area contributed by atoms with Gasteiger partial charge in [0.2, 0.25) is 5.91 Å². The molecule has 0 radical (unpaired) electrons. The molecule has 2 N–H and O–H groups in total. The Hall–Kier alpha value is -0.570. The standard InChI is InChI=1S/C13H26N2O/c1-3-4-5-6-8-15-13(16)12-10-11(2)7-9-14-12/h11-12,14H,3-10H2,1-2H3,(H,15,16). The van der Waals surface area contributed by atoms with Gasteiger partial charge < -0.3 is 10.6 Å². The number of amides is 1. The van der Waals surface area contributed by atoms with Crippen LogP contribution in [0.5, 0.6) is 0 Å². The lowest BCUT2D eigenvalue weighted by atomic mass is 9.94. The molecule has 1 heterocycles. The highest BCUT2D eigenvalue weighted by atomic mass is 16.2. The van der Waals surface area contributed by atoms with Crippen LogP contribution in [0, 0.1) is 5.92 Å². The zero-order valence-electron chi connectivity index (χ0n) is 10.7. The summed E-state index contributed by atoms with van der Waals surface area (Å²) in [5, 5.41) is 6.32. The fourth-order valence-electron chi connectivity index (χ4n) is 2.19. The summed E-state index contributed by atoms with van der Waals surface area (Å²) >= 11 is 0. The highest BCUT2D eigenvalue weighted by Gasteiger charge is 2.23. The molecule has 0 bridgehead atoms. The summed E-state index contributed by atoms with van der Waals surface area (Å²) in [6, 6.07) is 0.0509. The average molecular weight is 226 g/mol. The zero-order chi connectivity index (χ0) is 11.8. The van der Waals surface area contributed by atoms with Crippen molar-refractivity contribution in [3.63, 3.8) is 0 Å². The van der Waals surface area contributed by atoms with Crippen molar-refractivity contribution in [2.45, 2.75) is 58.4 Å². The van der Waals surface area contributed by atoms with Crippen molar-refractivity contribution < 1.29 is 4.79 Å². The third kappa shape index (κ3) is 4.97. The van der Waals surface area contributed by atoms with Crippen molar-refractivity contribution in [3.05, 3.63) is 0 Å². The van der Waals surface area contributed by atoms with Gasteiger partial charge in [-0.15, -0.1) is 0 Å². The fraction of sp³-hybridized carbons (Fsp3) is 0.923. The number of nitrogens with one attached hydrogen (secondary N) is 2. The summed E-state index contributed by atoms with van der Waals surface area (Å²) < 4.78 is 0. The van der Waals surface area contributed by atoms with Crippen molar-refractivity contribution in [3.8, 4) is 0 Å². The second-order valence-electron chi connectivity index (χ2n) is 4.99. The Morgan fingerprint density at radius 3 is 2.88 bits per heavy atom. The lowest BCUT2D eigenvalue weighted by Gasteiger charge is -2.27. The summed E-state index contributed by atoms with van der Waals surface area (Å²) in [5.41, 5.74) is 0. The molecular weight excluding hydrogens is 200 g/mol. The number of hydrogen-bond acceptors (Lipinski definition) is 2. The van der Waals surface area contributed by atoms with E-state index in [1.54, 1.807) is 0 Å². The van der Waals surface area contributed by atoms with E-state index in [1.165, 1.54) is 25.7 Å². The molecule has 94 valence electrons. The minimum Gasteiger partial charge on any atom is -0.355 e. The Morgan fingerprint density at radius 1 is 1.38 bits per heavy atom. The smallest absolute Gasteiger partial charge is 0.237 e. The van der Waals surface area contributed by atoms with E-state index in [0.29, 0.717) is 5.92 Å². The minimum absolute atomic E-state index is 0.0509. The van der Waals surface area contributed by atoms with E-state index in [-0.39, 0.29) is 11.9 Å². The van der Waals surface area contributed by atoms with Crippen molar-refractivity contribution in [2.75, 3.05) is 13.1 Å². The fourth-order valence-corrected chi connectivity index (χ4v) is 2.19. The van der Waals surface area contributed by atoms with E-state index in [4.69, 9.17) is 0 Å². The summed E-state index contributed by atoms with van der Waals surface area (Å²) in [4.78, 5) is 11.8. The molecule has 0 aromatic carbocycles. The van der Waals surface area contributed by atoms with E-state index in [2.05, 4.69) is 24.5 Å². The van der Waals surface area contributed by atoms with E-state index in [9.17, 15) is 4.79 Å². The van der Waals surface area contributed by atoms with Gasteiger partial charge in [0.1, 0.15) is 0 Å². The van der Waals surface area contributed by atoms with Crippen molar-refractivity contribution in [1.82, 2.24) is 10.6 Å². The minimum atomic E-state index is 0.0509. The van der Waals surface area contributed by atoms with Gasteiger partial charge in [0.25, 0.3) is 0 Å². The van der Waals surface area contributed by atoms with Crippen LogP contribution in [0.4, 0.5) is 0 Å². The third-order valence-electron chi connectivity index (χ3n) is 3.31. The third-order valence-corrected chi connectivity index (χ3v) is 3.31. The summed E-state index contributed by atoms with van der Waals surface area (Å²) in [5.74, 6) is 0.875. The van der Waals surface area contributed by atoms with Gasteiger partial charge in [-0.1, -0.05) is 33.1 Å². The molecule has 1 fully saturated rings. The van der Waals surface area contributed by atoms with Crippen LogP contribution in [0.2, 0.25) is 0 Å². The number of unbranched alkanes of at least 4 members (excludes halogenated alkanes) is 3. The predicted octanol–water partition coefficient (Wildman–Crippen LogP) is 2.07. The molecule has 2 atom stereocenters. The Morgan fingerprint density at radius 2 is 2.19 bits per heavy atom. The first-order chi connectivity index (χ1) is 7.74. The first kappa shape index (κ1) is 13.5. The lowest BCUT2D eigenvalue weighted by Crippen LogP contribution is -2.48. The second-order valence-corrected chi connectivity index (χ2v) is 4.99. The molecule has 0 aliphatic carbocycles. The van der Waals surface area contributed by atoms with Gasteiger partial charge in [0.05, 0.1) is 6.04 Å². The topological polar surface area (TPSA) is 41.1 Å². The molecule has 0 saturated carbocycles. The normalized spacial score (nSPS) is 25.4. The molecule has 1 aliphatic heterocycles. The maximum atomic E-state index is 11.8. The lowest BCUT2D eigenvalue weighted by molar-refractivity contribution is -0.124. The molecule has 2 unspecified atom stereocenters. The van der Waals surface area contributed by atoms with E-state index in [1.807, 2.05) is 0 Å². The summed E-state index contributed by atoms with van der Waals surface area (Å²) in [6.07, 6.45) is 7.04. The zero-order valence-corrected chi connectivity index (χ0v) is 10.7. The highest BCUT2D eigenvalue weighted by molar-refractivity contribution is 5.81. The van der Waals surface area contributed by atoms with E-state index in [0.717, 1.165) is 25.9 Å². The predicted molar refractivity (Wildman–Crippen MR) is 67.3 cm³/mol. The molecule has 1 rings (SSSR count). The quantitative estimate of drug-likeness (QED) is 0.681. The maximum Gasteiger partial charge on any atom is 0.237 e. The van der Waals surface area contributed by atoms with Gasteiger partial charge in [0.15, 0.2) is 0 Å². The first-order valence-electron chi connectivity index (χ1n) is 6.75. The number of carbonyl (C=O) groups is 1. The molecule has 1 aliphatic rings. The van der Waals surface area contributed by atoms with E-state index < -0.39 is 0 Å². The van der Waals surface area contributed by atoms with Crippen molar-refractivity contribution >= 4 is 5.91 Å². The SMILES string of the molecule is CCCCCCNC(=O)C1CC(C)CCN1. The Balaban J connectivity index is 2.09. The van der Waals surface area contributed by atoms with Gasteiger partial charge in [0, 0.05) is 6.54 Å². The Labute approximate surface area is 99.4 Å². The number of rotatable bonds is 6. The number of hydrogen-bond donors (Lipinski definition) is 2. The second kappa shape index (κ2) is 7.66. The van der Waals surface area contributed by atoms with Crippen LogP contribution in [0.25, 0.3) is 0 Å². The molecule has 1 saturated heterocycles. The average Bonchev–Trinajstić information content (AvgIpc) is 2.28. The van der Waals surface area contributed by atoms with Crippen LogP contribution in [-0.4, -0.2) is 25.0 Å².